The molecule has 1 amide bonds. The molecule has 0 radical (unpaired) electrons. The van der Waals surface area contributed by atoms with Crippen LogP contribution in [0.15, 0.2) is 57.9 Å². The van der Waals surface area contributed by atoms with Gasteiger partial charge >= 0.3 is 0 Å². The average molecular weight is 341 g/mol. The van der Waals surface area contributed by atoms with Crippen LogP contribution in [-0.4, -0.2) is 27.6 Å². The number of hydrogen-bond donors (Lipinski definition) is 0. The predicted molar refractivity (Wildman–Crippen MR) is 89.0 cm³/mol. The van der Waals surface area contributed by atoms with E-state index < -0.39 is 17.2 Å². The summed E-state index contributed by atoms with van der Waals surface area (Å²) in [5.41, 5.74) is -0.188. The van der Waals surface area contributed by atoms with Crippen molar-refractivity contribution in [3.63, 3.8) is 0 Å². The van der Waals surface area contributed by atoms with E-state index in [1.807, 2.05) is 0 Å². The summed E-state index contributed by atoms with van der Waals surface area (Å²) < 4.78 is 20.5. The molecule has 0 atom stereocenters. The Morgan fingerprint density at radius 2 is 2.04 bits per heavy atom. The van der Waals surface area contributed by atoms with Crippen molar-refractivity contribution in [2.45, 2.75) is 13.5 Å². The second-order valence-electron chi connectivity index (χ2n) is 5.60. The third kappa shape index (κ3) is 3.35. The molecule has 6 nitrogen and oxygen atoms in total. The van der Waals surface area contributed by atoms with Gasteiger partial charge in [0, 0.05) is 18.8 Å². The fraction of sp³-hybridized carbons (Fsp3) is 0.167. The van der Waals surface area contributed by atoms with Crippen LogP contribution in [0.5, 0.6) is 0 Å². The van der Waals surface area contributed by atoms with Gasteiger partial charge in [-0.05, 0) is 31.2 Å². The number of rotatable bonds is 4. The van der Waals surface area contributed by atoms with Gasteiger partial charge in [0.25, 0.3) is 5.91 Å². The highest BCUT2D eigenvalue weighted by atomic mass is 19.1. The third-order valence-corrected chi connectivity index (χ3v) is 3.71. The summed E-state index contributed by atoms with van der Waals surface area (Å²) >= 11 is 0. The average Bonchev–Trinajstić information content (AvgIpc) is 3.08. The van der Waals surface area contributed by atoms with Crippen molar-refractivity contribution >= 4 is 5.91 Å². The van der Waals surface area contributed by atoms with E-state index in [0.29, 0.717) is 11.5 Å². The van der Waals surface area contributed by atoms with Gasteiger partial charge in [-0.2, -0.15) is 5.10 Å². The Labute approximate surface area is 143 Å². The molecular formula is C18H16FN3O3. The molecule has 25 heavy (non-hydrogen) atoms. The molecule has 128 valence electrons. The van der Waals surface area contributed by atoms with Gasteiger partial charge in [-0.25, -0.2) is 9.07 Å². The molecule has 0 unspecified atom stereocenters. The molecule has 0 bridgehead atoms. The largest absolute Gasteiger partial charge is 0.467 e. The highest BCUT2D eigenvalue weighted by Crippen LogP contribution is 2.14. The van der Waals surface area contributed by atoms with Crippen LogP contribution in [0, 0.1) is 12.7 Å². The smallest absolute Gasteiger partial charge is 0.278 e. The summed E-state index contributed by atoms with van der Waals surface area (Å²) in [6, 6.07) is 10.7. The van der Waals surface area contributed by atoms with Crippen molar-refractivity contribution in [3.8, 4) is 5.69 Å². The molecule has 3 rings (SSSR count). The zero-order chi connectivity index (χ0) is 18.0. The normalized spacial score (nSPS) is 10.7. The van der Waals surface area contributed by atoms with Gasteiger partial charge in [0.15, 0.2) is 5.69 Å². The standard InChI is InChI=1S/C18H16FN3O3/c1-12-10-16(23)17(18(24)21(2)11-13-6-5-9-25-13)20-22(12)15-8-4-3-7-14(15)19/h3-10H,11H2,1-2H3. The van der Waals surface area contributed by atoms with Crippen molar-refractivity contribution in [1.82, 2.24) is 14.7 Å². The summed E-state index contributed by atoms with van der Waals surface area (Å²) in [7, 11) is 1.54. The number of furan rings is 1. The summed E-state index contributed by atoms with van der Waals surface area (Å²) in [5, 5.41) is 4.10. The second kappa shape index (κ2) is 6.72. The molecule has 0 aliphatic rings. The monoisotopic (exact) mass is 341 g/mol. The van der Waals surface area contributed by atoms with Gasteiger partial charge in [0.1, 0.15) is 17.3 Å². The number of aryl methyl sites for hydroxylation is 1. The molecule has 2 aromatic heterocycles. The first-order chi connectivity index (χ1) is 12.0. The van der Waals surface area contributed by atoms with Gasteiger partial charge in [-0.15, -0.1) is 0 Å². The van der Waals surface area contributed by atoms with Crippen LogP contribution < -0.4 is 5.43 Å². The topological polar surface area (TPSA) is 68.3 Å². The number of nitrogens with zero attached hydrogens (tertiary/aromatic N) is 3. The number of benzene rings is 1. The molecule has 0 saturated heterocycles. The predicted octanol–water partition coefficient (Wildman–Crippen LogP) is 2.55. The van der Waals surface area contributed by atoms with E-state index in [0.717, 1.165) is 0 Å². The lowest BCUT2D eigenvalue weighted by Crippen LogP contribution is -2.33. The molecule has 0 fully saturated rings. The number of para-hydroxylation sites is 1. The van der Waals surface area contributed by atoms with E-state index in [2.05, 4.69) is 5.10 Å². The van der Waals surface area contributed by atoms with Gasteiger partial charge in [0.2, 0.25) is 5.43 Å². The van der Waals surface area contributed by atoms with Crippen molar-refractivity contribution < 1.29 is 13.6 Å². The molecule has 0 N–H and O–H groups in total. The molecule has 0 aliphatic heterocycles. The van der Waals surface area contributed by atoms with Crippen LogP contribution in [0.3, 0.4) is 0 Å². The second-order valence-corrected chi connectivity index (χ2v) is 5.60. The SMILES string of the molecule is Cc1cc(=O)c(C(=O)N(C)Cc2ccco2)nn1-c1ccccc1F. The van der Waals surface area contributed by atoms with E-state index in [4.69, 9.17) is 4.42 Å². The molecular weight excluding hydrogens is 325 g/mol. The first kappa shape index (κ1) is 16.6. The molecule has 0 saturated carbocycles. The van der Waals surface area contributed by atoms with E-state index in [-0.39, 0.29) is 17.9 Å². The van der Waals surface area contributed by atoms with Gasteiger partial charge in [-0.3, -0.25) is 9.59 Å². The van der Waals surface area contributed by atoms with Crippen molar-refractivity contribution in [2.24, 2.45) is 0 Å². The Kier molecular flexibility index (Phi) is 4.47. The van der Waals surface area contributed by atoms with E-state index in [1.54, 1.807) is 38.2 Å². The van der Waals surface area contributed by atoms with Crippen LogP contribution in [0.25, 0.3) is 5.69 Å². The maximum atomic E-state index is 14.1. The minimum absolute atomic E-state index is 0.169. The first-order valence-electron chi connectivity index (χ1n) is 7.61. The number of hydrogen-bond acceptors (Lipinski definition) is 4. The van der Waals surface area contributed by atoms with Gasteiger partial charge in [0.05, 0.1) is 12.8 Å². The quantitative estimate of drug-likeness (QED) is 0.731. The number of carbonyl (C=O) groups excluding carboxylic acids is 1. The minimum Gasteiger partial charge on any atom is -0.467 e. The molecule has 3 aromatic rings. The van der Waals surface area contributed by atoms with Crippen molar-refractivity contribution in [1.29, 1.82) is 0 Å². The Balaban J connectivity index is 1.99. The Morgan fingerprint density at radius 3 is 2.72 bits per heavy atom. The lowest BCUT2D eigenvalue weighted by Gasteiger charge is -2.16. The maximum absolute atomic E-state index is 14.1. The van der Waals surface area contributed by atoms with Crippen LogP contribution >= 0.6 is 0 Å². The van der Waals surface area contributed by atoms with Gasteiger partial charge in [-0.1, -0.05) is 12.1 Å². The number of amides is 1. The van der Waals surface area contributed by atoms with E-state index in [9.17, 15) is 14.0 Å². The molecule has 2 heterocycles. The first-order valence-corrected chi connectivity index (χ1v) is 7.61. The lowest BCUT2D eigenvalue weighted by atomic mass is 10.2. The summed E-state index contributed by atoms with van der Waals surface area (Å²) in [6.45, 7) is 1.82. The van der Waals surface area contributed by atoms with Crippen LogP contribution in [0.2, 0.25) is 0 Å². The highest BCUT2D eigenvalue weighted by molar-refractivity contribution is 5.91. The summed E-state index contributed by atoms with van der Waals surface area (Å²) in [6.07, 6.45) is 1.50. The van der Waals surface area contributed by atoms with Crippen LogP contribution in [-0.2, 0) is 6.54 Å². The van der Waals surface area contributed by atoms with Crippen LogP contribution in [0.1, 0.15) is 21.9 Å². The van der Waals surface area contributed by atoms with E-state index >= 15 is 0 Å². The summed E-state index contributed by atoms with van der Waals surface area (Å²) in [5.74, 6) is -0.479. The minimum atomic E-state index is -0.563. The van der Waals surface area contributed by atoms with E-state index in [1.165, 1.54) is 34.0 Å². The molecule has 0 spiro atoms. The van der Waals surface area contributed by atoms with Crippen molar-refractivity contribution in [2.75, 3.05) is 7.05 Å². The maximum Gasteiger partial charge on any atom is 0.278 e. The lowest BCUT2D eigenvalue weighted by molar-refractivity contribution is 0.0766. The Morgan fingerprint density at radius 1 is 1.28 bits per heavy atom. The van der Waals surface area contributed by atoms with Gasteiger partial charge < -0.3 is 9.32 Å². The molecule has 1 aromatic carbocycles. The van der Waals surface area contributed by atoms with Crippen LogP contribution in [0.4, 0.5) is 4.39 Å². The Bertz CT molecular complexity index is 964. The summed E-state index contributed by atoms with van der Waals surface area (Å²) in [4.78, 5) is 26.1. The zero-order valence-electron chi connectivity index (χ0n) is 13.8. The third-order valence-electron chi connectivity index (χ3n) is 3.71. The van der Waals surface area contributed by atoms with Crippen molar-refractivity contribution in [3.05, 3.63) is 81.9 Å². The fourth-order valence-electron chi connectivity index (χ4n) is 2.45. The zero-order valence-corrected chi connectivity index (χ0v) is 13.8. The fourth-order valence-corrected chi connectivity index (χ4v) is 2.45. The molecule has 0 aliphatic carbocycles. The number of aromatic nitrogens is 2. The Hall–Kier alpha value is -3.22. The number of halogens is 1. The molecule has 7 heteroatoms. The number of carbonyl (C=O) groups is 1. The highest BCUT2D eigenvalue weighted by Gasteiger charge is 2.20.